The van der Waals surface area contributed by atoms with Gasteiger partial charge in [-0.25, -0.2) is 9.97 Å². The van der Waals surface area contributed by atoms with Crippen LogP contribution in [0.3, 0.4) is 0 Å². The highest BCUT2D eigenvalue weighted by Crippen LogP contribution is 2.26. The number of aryl methyl sites for hydroxylation is 1. The van der Waals surface area contributed by atoms with Gasteiger partial charge in [-0.1, -0.05) is 39.8 Å². The number of nitrogens with one attached hydrogen (secondary N) is 1. The van der Waals surface area contributed by atoms with Crippen molar-refractivity contribution in [3.63, 3.8) is 0 Å². The van der Waals surface area contributed by atoms with Gasteiger partial charge in [0.2, 0.25) is 0 Å². The number of hydrogen-bond acceptors (Lipinski definition) is 4. The summed E-state index contributed by atoms with van der Waals surface area (Å²) in [6, 6.07) is 8.43. The Kier molecular flexibility index (Phi) is 4.16. The molecular weight excluding hydrogens is 260 g/mol. The molecule has 0 unspecified atom stereocenters. The zero-order valence-electron chi connectivity index (χ0n) is 13.5. The number of benzene rings is 1. The van der Waals surface area contributed by atoms with Crippen LogP contribution < -0.4 is 11.1 Å². The van der Waals surface area contributed by atoms with Crippen molar-refractivity contribution < 1.29 is 0 Å². The molecule has 0 saturated heterocycles. The minimum absolute atomic E-state index is 0.156. The number of aromatic nitrogens is 2. The molecule has 21 heavy (non-hydrogen) atoms. The number of hydrogen-bond donors (Lipinski definition) is 2. The quantitative estimate of drug-likeness (QED) is 0.895. The van der Waals surface area contributed by atoms with Gasteiger partial charge < -0.3 is 11.1 Å². The maximum Gasteiger partial charge on any atom is 0.139 e. The van der Waals surface area contributed by atoms with Gasteiger partial charge in [0.15, 0.2) is 0 Å². The second-order valence-corrected chi connectivity index (χ2v) is 6.30. The van der Waals surface area contributed by atoms with Crippen molar-refractivity contribution in [2.24, 2.45) is 0 Å². The van der Waals surface area contributed by atoms with Crippen LogP contribution in [0.2, 0.25) is 0 Å². The SMILES string of the molecule is CCc1nc(N)c(C)c(Nc2ccc(C(C)(C)C)cc2)n1. The van der Waals surface area contributed by atoms with Gasteiger partial charge in [0.05, 0.1) is 0 Å². The van der Waals surface area contributed by atoms with Crippen LogP contribution in [-0.4, -0.2) is 9.97 Å². The summed E-state index contributed by atoms with van der Waals surface area (Å²) >= 11 is 0. The van der Waals surface area contributed by atoms with Crippen LogP contribution in [0, 0.1) is 6.92 Å². The molecule has 0 amide bonds. The Hall–Kier alpha value is -2.10. The summed E-state index contributed by atoms with van der Waals surface area (Å²) in [5.41, 5.74) is 9.29. The zero-order chi connectivity index (χ0) is 15.6. The Morgan fingerprint density at radius 2 is 1.71 bits per heavy atom. The molecule has 3 N–H and O–H groups in total. The zero-order valence-corrected chi connectivity index (χ0v) is 13.5. The van der Waals surface area contributed by atoms with Crippen molar-refractivity contribution >= 4 is 17.3 Å². The first-order valence-electron chi connectivity index (χ1n) is 7.32. The van der Waals surface area contributed by atoms with E-state index in [4.69, 9.17) is 5.73 Å². The number of nitrogens with two attached hydrogens (primary N) is 1. The van der Waals surface area contributed by atoms with Gasteiger partial charge in [0, 0.05) is 17.7 Å². The first-order valence-corrected chi connectivity index (χ1v) is 7.32. The highest BCUT2D eigenvalue weighted by Gasteiger charge is 2.13. The lowest BCUT2D eigenvalue weighted by Gasteiger charge is -2.19. The molecule has 0 aliphatic heterocycles. The third-order valence-electron chi connectivity index (χ3n) is 3.56. The average Bonchev–Trinajstić information content (AvgIpc) is 2.43. The Labute approximate surface area is 126 Å². The molecule has 0 atom stereocenters. The van der Waals surface area contributed by atoms with Gasteiger partial charge in [0.25, 0.3) is 0 Å². The summed E-state index contributed by atoms with van der Waals surface area (Å²) in [5.74, 6) is 2.07. The lowest BCUT2D eigenvalue weighted by molar-refractivity contribution is 0.590. The first kappa shape index (κ1) is 15.3. The highest BCUT2D eigenvalue weighted by molar-refractivity contribution is 5.63. The molecule has 2 aromatic rings. The predicted octanol–water partition coefficient (Wildman–Crippen LogP) is 3.97. The number of anilines is 3. The van der Waals surface area contributed by atoms with Crippen LogP contribution in [0.25, 0.3) is 0 Å². The van der Waals surface area contributed by atoms with Gasteiger partial charge in [-0.15, -0.1) is 0 Å². The Bertz CT molecular complexity index is 624. The molecule has 0 spiro atoms. The van der Waals surface area contributed by atoms with Crippen molar-refractivity contribution in [1.29, 1.82) is 0 Å². The van der Waals surface area contributed by atoms with Crippen molar-refractivity contribution in [3.05, 3.63) is 41.2 Å². The standard InChI is InChI=1S/C17H24N4/c1-6-14-20-15(18)11(2)16(21-14)19-13-9-7-12(8-10-13)17(3,4)5/h7-10H,6H2,1-5H3,(H3,18,19,20,21). The van der Waals surface area contributed by atoms with Crippen molar-refractivity contribution in [2.45, 2.75) is 46.5 Å². The fourth-order valence-corrected chi connectivity index (χ4v) is 2.05. The van der Waals surface area contributed by atoms with E-state index < -0.39 is 0 Å². The van der Waals surface area contributed by atoms with Gasteiger partial charge in [0.1, 0.15) is 17.5 Å². The third kappa shape index (κ3) is 3.51. The van der Waals surface area contributed by atoms with Gasteiger partial charge in [-0.2, -0.15) is 0 Å². The summed E-state index contributed by atoms with van der Waals surface area (Å²) < 4.78 is 0. The van der Waals surface area contributed by atoms with Crippen LogP contribution in [0.4, 0.5) is 17.3 Å². The Morgan fingerprint density at radius 1 is 1.10 bits per heavy atom. The summed E-state index contributed by atoms with van der Waals surface area (Å²) in [5, 5.41) is 3.34. The molecule has 0 aliphatic carbocycles. The summed E-state index contributed by atoms with van der Waals surface area (Å²) in [7, 11) is 0. The Balaban J connectivity index is 2.28. The second kappa shape index (κ2) is 5.72. The molecule has 0 saturated carbocycles. The fraction of sp³-hybridized carbons (Fsp3) is 0.412. The fourth-order valence-electron chi connectivity index (χ4n) is 2.05. The van der Waals surface area contributed by atoms with E-state index in [0.717, 1.165) is 29.3 Å². The summed E-state index contributed by atoms with van der Waals surface area (Å²) in [4.78, 5) is 8.78. The van der Waals surface area contributed by atoms with E-state index >= 15 is 0 Å². The number of nitrogens with zero attached hydrogens (tertiary/aromatic N) is 2. The molecule has 0 aliphatic rings. The molecule has 0 fully saturated rings. The topological polar surface area (TPSA) is 63.8 Å². The van der Waals surface area contributed by atoms with Gasteiger partial charge in [-0.3, -0.25) is 0 Å². The molecule has 1 aromatic carbocycles. The maximum absolute atomic E-state index is 5.94. The van der Waals surface area contributed by atoms with Crippen LogP contribution >= 0.6 is 0 Å². The van der Waals surface area contributed by atoms with Crippen LogP contribution in [0.5, 0.6) is 0 Å². The predicted molar refractivity (Wildman–Crippen MR) is 89.0 cm³/mol. The number of nitrogen functional groups attached to an aromatic ring is 1. The van der Waals surface area contributed by atoms with E-state index in [1.54, 1.807) is 0 Å². The van der Waals surface area contributed by atoms with E-state index in [9.17, 15) is 0 Å². The maximum atomic E-state index is 5.94. The molecule has 4 nitrogen and oxygen atoms in total. The molecule has 1 aromatic heterocycles. The Morgan fingerprint density at radius 3 is 2.24 bits per heavy atom. The molecule has 2 rings (SSSR count). The summed E-state index contributed by atoms with van der Waals surface area (Å²) in [6.45, 7) is 10.6. The molecular formula is C17H24N4. The highest BCUT2D eigenvalue weighted by atomic mass is 15.1. The smallest absolute Gasteiger partial charge is 0.139 e. The normalized spacial score (nSPS) is 11.5. The van der Waals surface area contributed by atoms with Crippen LogP contribution in [0.1, 0.15) is 44.6 Å². The van der Waals surface area contributed by atoms with E-state index in [2.05, 4.69) is 60.3 Å². The van der Waals surface area contributed by atoms with Crippen molar-refractivity contribution in [1.82, 2.24) is 9.97 Å². The van der Waals surface area contributed by atoms with E-state index in [0.29, 0.717) is 5.82 Å². The monoisotopic (exact) mass is 284 g/mol. The minimum atomic E-state index is 0.156. The lowest BCUT2D eigenvalue weighted by atomic mass is 9.87. The molecule has 1 heterocycles. The van der Waals surface area contributed by atoms with E-state index in [1.807, 2.05) is 13.8 Å². The van der Waals surface area contributed by atoms with Crippen LogP contribution in [-0.2, 0) is 11.8 Å². The van der Waals surface area contributed by atoms with Crippen molar-refractivity contribution in [3.8, 4) is 0 Å². The van der Waals surface area contributed by atoms with Gasteiger partial charge in [-0.05, 0) is 30.0 Å². The third-order valence-corrected chi connectivity index (χ3v) is 3.56. The van der Waals surface area contributed by atoms with E-state index in [-0.39, 0.29) is 5.41 Å². The molecule has 0 bridgehead atoms. The lowest BCUT2D eigenvalue weighted by Crippen LogP contribution is -2.11. The molecule has 0 radical (unpaired) electrons. The average molecular weight is 284 g/mol. The van der Waals surface area contributed by atoms with Gasteiger partial charge >= 0.3 is 0 Å². The van der Waals surface area contributed by atoms with Crippen LogP contribution in [0.15, 0.2) is 24.3 Å². The molecule has 112 valence electrons. The van der Waals surface area contributed by atoms with Crippen molar-refractivity contribution in [2.75, 3.05) is 11.1 Å². The molecule has 4 heteroatoms. The van der Waals surface area contributed by atoms with E-state index in [1.165, 1.54) is 5.56 Å². The second-order valence-electron chi connectivity index (χ2n) is 6.30. The number of rotatable bonds is 3. The largest absolute Gasteiger partial charge is 0.383 e. The minimum Gasteiger partial charge on any atom is -0.383 e. The summed E-state index contributed by atoms with van der Waals surface area (Å²) in [6.07, 6.45) is 0.766. The first-order chi connectivity index (χ1) is 9.81.